The molecule has 0 radical (unpaired) electrons. The second-order valence-corrected chi connectivity index (χ2v) is 12.1. The highest BCUT2D eigenvalue weighted by molar-refractivity contribution is 5.24. The first kappa shape index (κ1) is 25.1. The maximum absolute atomic E-state index is 11.1. The van der Waals surface area contributed by atoms with Gasteiger partial charge in [0.25, 0.3) is 0 Å². The molecule has 4 heterocycles. The van der Waals surface area contributed by atoms with Crippen LogP contribution < -0.4 is 0 Å². The molecule has 6 aliphatic carbocycles. The third-order valence-electron chi connectivity index (χ3n) is 10.4. The Bertz CT molecular complexity index is 1030. The van der Waals surface area contributed by atoms with Gasteiger partial charge in [-0.2, -0.15) is 0 Å². The lowest BCUT2D eigenvalue weighted by molar-refractivity contribution is -0.280. The van der Waals surface area contributed by atoms with Crippen molar-refractivity contribution in [1.82, 2.24) is 9.97 Å². The Kier molecular flexibility index (Phi) is 6.15. The maximum atomic E-state index is 11.1. The number of hydrogen-bond acceptors (Lipinski definition) is 8. The SMILES string of the molecule is OC1(c2cccnc2)CC2CCC1CC21OCCO1.OC1(c2cccnc2)CC2CCC1CC21OCCO1. The summed E-state index contributed by atoms with van der Waals surface area (Å²) in [5, 5.41) is 22.3. The highest BCUT2D eigenvalue weighted by Crippen LogP contribution is 2.59. The fourth-order valence-electron chi connectivity index (χ4n) is 8.48. The second-order valence-electron chi connectivity index (χ2n) is 12.1. The van der Waals surface area contributed by atoms with Crippen molar-refractivity contribution in [1.29, 1.82) is 0 Å². The molecule has 8 fully saturated rings. The molecule has 2 aromatic rings. The first-order valence-corrected chi connectivity index (χ1v) is 14.3. The smallest absolute Gasteiger partial charge is 0.171 e. The van der Waals surface area contributed by atoms with E-state index in [0.29, 0.717) is 38.3 Å². The van der Waals surface area contributed by atoms with E-state index in [9.17, 15) is 10.2 Å². The third kappa shape index (κ3) is 3.87. The van der Waals surface area contributed by atoms with E-state index in [1.165, 1.54) is 0 Å². The summed E-state index contributed by atoms with van der Waals surface area (Å²) < 4.78 is 23.6. The zero-order valence-corrected chi connectivity index (χ0v) is 21.8. The Morgan fingerprint density at radius 1 is 0.579 bits per heavy atom. The molecule has 8 nitrogen and oxygen atoms in total. The molecule has 6 atom stereocenters. The summed E-state index contributed by atoms with van der Waals surface area (Å²) in [5.74, 6) is 0.198. The number of rotatable bonds is 2. The van der Waals surface area contributed by atoms with Gasteiger partial charge in [0.05, 0.1) is 37.6 Å². The predicted molar refractivity (Wildman–Crippen MR) is 136 cm³/mol. The van der Waals surface area contributed by atoms with E-state index in [-0.39, 0.29) is 11.8 Å². The van der Waals surface area contributed by atoms with Gasteiger partial charge >= 0.3 is 0 Å². The molecular formula is C30H38N2O6. The van der Waals surface area contributed by atoms with Crippen LogP contribution in [0.2, 0.25) is 0 Å². The van der Waals surface area contributed by atoms with Crippen molar-refractivity contribution in [2.24, 2.45) is 23.7 Å². The van der Waals surface area contributed by atoms with E-state index in [1.54, 1.807) is 24.8 Å². The van der Waals surface area contributed by atoms with Crippen molar-refractivity contribution >= 4 is 0 Å². The summed E-state index contributed by atoms with van der Waals surface area (Å²) in [4.78, 5) is 8.31. The normalized spacial score (nSPS) is 39.8. The molecule has 8 aliphatic rings. The molecule has 2 saturated heterocycles. The van der Waals surface area contributed by atoms with Crippen molar-refractivity contribution in [3.8, 4) is 0 Å². The number of nitrogens with zero attached hydrogens (tertiary/aromatic N) is 2. The largest absolute Gasteiger partial charge is 0.385 e. The lowest BCUT2D eigenvalue weighted by atomic mass is 9.57. The van der Waals surface area contributed by atoms with Crippen LogP contribution in [-0.4, -0.2) is 58.2 Å². The number of ether oxygens (including phenoxy) is 4. The minimum absolute atomic E-state index is 0.208. The zero-order valence-electron chi connectivity index (χ0n) is 21.8. The fraction of sp³-hybridized carbons (Fsp3) is 0.667. The lowest BCUT2D eigenvalue weighted by Gasteiger charge is -2.55. The van der Waals surface area contributed by atoms with Crippen LogP contribution in [0.25, 0.3) is 0 Å². The third-order valence-corrected chi connectivity index (χ3v) is 10.4. The van der Waals surface area contributed by atoms with Gasteiger partial charge < -0.3 is 29.2 Å². The van der Waals surface area contributed by atoms with Crippen LogP contribution in [0.4, 0.5) is 0 Å². The maximum Gasteiger partial charge on any atom is 0.171 e. The molecule has 2 aromatic heterocycles. The second kappa shape index (κ2) is 9.32. The van der Waals surface area contributed by atoms with Crippen LogP contribution in [0.1, 0.15) is 62.5 Å². The minimum Gasteiger partial charge on any atom is -0.385 e. The van der Waals surface area contributed by atoms with E-state index in [4.69, 9.17) is 18.9 Å². The van der Waals surface area contributed by atoms with Crippen molar-refractivity contribution < 1.29 is 29.2 Å². The standard InChI is InChI=1S/2C15H19NO3/c2*17-14(13-2-1-5-16-10-13)8-12-4-3-11(14)9-15(12)18-6-7-19-15/h2*1-2,5,10-12,17H,3-4,6-9H2. The zero-order chi connectivity index (χ0) is 25.8. The lowest BCUT2D eigenvalue weighted by Crippen LogP contribution is -2.57. The number of aliphatic hydroxyl groups is 2. The molecule has 6 unspecified atom stereocenters. The van der Waals surface area contributed by atoms with E-state index >= 15 is 0 Å². The highest BCUT2D eigenvalue weighted by atomic mass is 16.7. The van der Waals surface area contributed by atoms with Gasteiger partial charge in [-0.15, -0.1) is 0 Å². The molecule has 4 bridgehead atoms. The van der Waals surface area contributed by atoms with Crippen LogP contribution in [0.3, 0.4) is 0 Å². The highest BCUT2D eigenvalue weighted by Gasteiger charge is 2.61. The van der Waals surface area contributed by atoms with Gasteiger partial charge in [0.15, 0.2) is 11.6 Å². The summed E-state index contributed by atoms with van der Waals surface area (Å²) >= 11 is 0. The number of fused-ring (bicyclic) bond motifs is 4. The fourth-order valence-corrected chi connectivity index (χ4v) is 8.48. The summed E-state index contributed by atoms with van der Waals surface area (Å²) in [7, 11) is 0. The number of hydrogen-bond donors (Lipinski definition) is 2. The van der Waals surface area contributed by atoms with Gasteiger partial charge in [0.2, 0.25) is 0 Å². The molecule has 2 aliphatic heterocycles. The Morgan fingerprint density at radius 2 is 0.974 bits per heavy atom. The van der Waals surface area contributed by atoms with Gasteiger partial charge in [0.1, 0.15) is 0 Å². The van der Waals surface area contributed by atoms with Crippen molar-refractivity contribution in [3.05, 3.63) is 60.2 Å². The van der Waals surface area contributed by atoms with E-state index in [1.807, 2.05) is 24.3 Å². The minimum atomic E-state index is -0.752. The Labute approximate surface area is 223 Å². The Hall–Kier alpha value is -1.94. The van der Waals surface area contributed by atoms with E-state index in [0.717, 1.165) is 62.5 Å². The van der Waals surface area contributed by atoms with Crippen LogP contribution in [0.15, 0.2) is 49.1 Å². The molecule has 0 amide bonds. The first-order valence-electron chi connectivity index (χ1n) is 14.3. The van der Waals surface area contributed by atoms with Crippen LogP contribution in [0.5, 0.6) is 0 Å². The van der Waals surface area contributed by atoms with Gasteiger partial charge in [-0.25, -0.2) is 0 Å². The number of aromatic nitrogens is 2. The van der Waals surface area contributed by atoms with Crippen molar-refractivity contribution in [2.45, 2.75) is 74.1 Å². The molecule has 38 heavy (non-hydrogen) atoms. The molecular weight excluding hydrogens is 484 g/mol. The Balaban J connectivity index is 0.000000127. The topological polar surface area (TPSA) is 103 Å². The van der Waals surface area contributed by atoms with Gasteiger partial charge in [0, 0.05) is 60.6 Å². The van der Waals surface area contributed by atoms with Crippen molar-refractivity contribution in [2.75, 3.05) is 26.4 Å². The average molecular weight is 523 g/mol. The molecule has 2 spiro atoms. The molecule has 10 rings (SSSR count). The molecule has 204 valence electrons. The quantitative estimate of drug-likeness (QED) is 0.616. The molecule has 8 heteroatoms. The monoisotopic (exact) mass is 522 g/mol. The summed E-state index contributed by atoms with van der Waals surface area (Å²) in [5.41, 5.74) is 0.380. The predicted octanol–water partition coefficient (Wildman–Crippen LogP) is 3.66. The van der Waals surface area contributed by atoms with Gasteiger partial charge in [-0.3, -0.25) is 9.97 Å². The summed E-state index contributed by atoms with van der Waals surface area (Å²) in [6.45, 7) is 2.76. The van der Waals surface area contributed by atoms with Gasteiger partial charge in [-0.05, 0) is 62.5 Å². The van der Waals surface area contributed by atoms with E-state index < -0.39 is 22.8 Å². The molecule has 2 N–H and O–H groups in total. The summed E-state index contributed by atoms with van der Waals surface area (Å²) in [6, 6.07) is 7.76. The Morgan fingerprint density at radius 3 is 1.29 bits per heavy atom. The van der Waals surface area contributed by atoms with Crippen LogP contribution in [0, 0.1) is 23.7 Å². The molecule has 6 saturated carbocycles. The number of pyridine rings is 2. The van der Waals surface area contributed by atoms with Crippen LogP contribution in [-0.2, 0) is 30.1 Å². The molecule has 0 aromatic carbocycles. The summed E-state index contributed by atoms with van der Waals surface area (Å²) in [6.07, 6.45) is 14.4. The van der Waals surface area contributed by atoms with Gasteiger partial charge in [-0.1, -0.05) is 12.1 Å². The van der Waals surface area contributed by atoms with Crippen molar-refractivity contribution in [3.63, 3.8) is 0 Å². The first-order chi connectivity index (χ1) is 18.5. The van der Waals surface area contributed by atoms with Crippen LogP contribution >= 0.6 is 0 Å². The van der Waals surface area contributed by atoms with E-state index in [2.05, 4.69) is 9.97 Å². The average Bonchev–Trinajstić information content (AvgIpc) is 3.62.